The number of rotatable bonds is 4. The number of carbonyl (C=O) groups excluding carboxylic acids is 1. The van der Waals surface area contributed by atoms with Crippen molar-refractivity contribution in [2.24, 2.45) is 0 Å². The summed E-state index contributed by atoms with van der Waals surface area (Å²) < 4.78 is 1.52. The van der Waals surface area contributed by atoms with Gasteiger partial charge in [0.05, 0.1) is 29.7 Å². The van der Waals surface area contributed by atoms with Crippen molar-refractivity contribution in [2.75, 3.05) is 6.54 Å². The Hall–Kier alpha value is -2.02. The molecule has 6 nitrogen and oxygen atoms in total. The lowest BCUT2D eigenvalue weighted by molar-refractivity contribution is -0.131. The molecule has 26 heavy (non-hydrogen) atoms. The second kappa shape index (κ2) is 7.31. The van der Waals surface area contributed by atoms with Crippen molar-refractivity contribution in [1.82, 2.24) is 19.7 Å². The Morgan fingerprint density at radius 1 is 1.35 bits per heavy atom. The van der Waals surface area contributed by atoms with E-state index < -0.39 is 0 Å². The summed E-state index contributed by atoms with van der Waals surface area (Å²) in [5.41, 5.74) is 0.647. The van der Waals surface area contributed by atoms with Crippen LogP contribution in [0.3, 0.4) is 0 Å². The highest BCUT2D eigenvalue weighted by Gasteiger charge is 2.30. The Balaban J connectivity index is 1.74. The van der Waals surface area contributed by atoms with Crippen LogP contribution in [0.5, 0.6) is 0 Å². The van der Waals surface area contributed by atoms with Crippen LogP contribution < -0.4 is 5.56 Å². The molecule has 3 heterocycles. The van der Waals surface area contributed by atoms with Gasteiger partial charge in [-0.1, -0.05) is 20.8 Å². The number of hydrogen-bond donors (Lipinski definition) is 0. The van der Waals surface area contributed by atoms with E-state index in [0.717, 1.165) is 35.0 Å². The SMILES string of the molecule is Cc1ncc(CC(=O)N2CCCC2Cn2nc(C(C)(C)C)ccc2=O)s1. The summed E-state index contributed by atoms with van der Waals surface area (Å²) in [6.45, 7) is 9.37. The molecule has 2 aromatic rings. The highest BCUT2D eigenvalue weighted by atomic mass is 32.1. The van der Waals surface area contributed by atoms with E-state index in [1.54, 1.807) is 29.7 Å². The predicted molar refractivity (Wildman–Crippen MR) is 102 cm³/mol. The lowest BCUT2D eigenvalue weighted by Crippen LogP contribution is -2.41. The number of carbonyl (C=O) groups is 1. The smallest absolute Gasteiger partial charge is 0.266 e. The number of thiazole rings is 1. The van der Waals surface area contributed by atoms with Crippen molar-refractivity contribution in [1.29, 1.82) is 0 Å². The molecule has 1 aliphatic heterocycles. The first kappa shape index (κ1) is 18.8. The van der Waals surface area contributed by atoms with Crippen LogP contribution in [0.1, 0.15) is 49.2 Å². The molecule has 3 rings (SSSR count). The summed E-state index contributed by atoms with van der Waals surface area (Å²) >= 11 is 1.56. The third kappa shape index (κ3) is 4.20. The number of aryl methyl sites for hydroxylation is 1. The van der Waals surface area contributed by atoms with Crippen LogP contribution in [0.15, 0.2) is 23.1 Å². The maximum absolute atomic E-state index is 12.7. The molecule has 1 saturated heterocycles. The fourth-order valence-electron chi connectivity index (χ4n) is 3.27. The van der Waals surface area contributed by atoms with Crippen molar-refractivity contribution in [3.63, 3.8) is 0 Å². The maximum atomic E-state index is 12.7. The second-order valence-electron chi connectivity index (χ2n) is 7.89. The van der Waals surface area contributed by atoms with Crippen molar-refractivity contribution < 1.29 is 4.79 Å². The van der Waals surface area contributed by atoms with Crippen molar-refractivity contribution in [2.45, 2.75) is 65.0 Å². The first-order valence-electron chi connectivity index (χ1n) is 9.03. The zero-order valence-electron chi connectivity index (χ0n) is 15.9. The number of likely N-dealkylation sites (tertiary alicyclic amines) is 1. The van der Waals surface area contributed by atoms with Gasteiger partial charge in [0.25, 0.3) is 5.56 Å². The second-order valence-corrected chi connectivity index (χ2v) is 9.21. The Labute approximate surface area is 157 Å². The quantitative estimate of drug-likeness (QED) is 0.825. The topological polar surface area (TPSA) is 68.1 Å². The molecule has 7 heteroatoms. The van der Waals surface area contributed by atoms with Gasteiger partial charge in [-0.05, 0) is 25.8 Å². The molecule has 0 saturated carbocycles. The number of nitrogens with zero attached hydrogens (tertiary/aromatic N) is 4. The highest BCUT2D eigenvalue weighted by molar-refractivity contribution is 7.11. The van der Waals surface area contributed by atoms with Gasteiger partial charge in [-0.25, -0.2) is 9.67 Å². The minimum Gasteiger partial charge on any atom is -0.338 e. The van der Waals surface area contributed by atoms with Crippen LogP contribution in [0.2, 0.25) is 0 Å². The van der Waals surface area contributed by atoms with Crippen LogP contribution in [0, 0.1) is 6.92 Å². The summed E-state index contributed by atoms with van der Waals surface area (Å²) in [7, 11) is 0. The average molecular weight is 375 g/mol. The predicted octanol–water partition coefficient (Wildman–Crippen LogP) is 2.54. The van der Waals surface area contributed by atoms with Gasteiger partial charge < -0.3 is 4.90 Å². The van der Waals surface area contributed by atoms with Gasteiger partial charge in [-0.15, -0.1) is 11.3 Å². The molecule has 1 aliphatic rings. The standard InChI is InChI=1S/C19H26N4O2S/c1-13-20-11-15(26-13)10-18(25)22-9-5-6-14(22)12-23-17(24)8-7-16(21-23)19(2,3)4/h7-8,11,14H,5-6,9-10,12H2,1-4H3. The van der Waals surface area contributed by atoms with Crippen LogP contribution in [0.25, 0.3) is 0 Å². The minimum absolute atomic E-state index is 0.0249. The van der Waals surface area contributed by atoms with Crippen molar-refractivity contribution in [3.05, 3.63) is 44.3 Å². The molecule has 140 valence electrons. The number of aromatic nitrogens is 3. The molecule has 1 amide bonds. The molecule has 1 unspecified atom stereocenters. The van der Waals surface area contributed by atoms with Gasteiger partial charge in [0, 0.05) is 29.1 Å². The molecule has 1 fully saturated rings. The Kier molecular flexibility index (Phi) is 5.27. The van der Waals surface area contributed by atoms with Crippen LogP contribution in [0.4, 0.5) is 0 Å². The monoisotopic (exact) mass is 374 g/mol. The highest BCUT2D eigenvalue weighted by Crippen LogP contribution is 2.22. The third-order valence-corrected chi connectivity index (χ3v) is 5.62. The fourth-order valence-corrected chi connectivity index (χ4v) is 4.06. The third-order valence-electron chi connectivity index (χ3n) is 4.71. The van der Waals surface area contributed by atoms with Crippen LogP contribution in [-0.2, 0) is 23.2 Å². The van der Waals surface area contributed by atoms with E-state index in [1.807, 2.05) is 11.8 Å². The Morgan fingerprint density at radius 3 is 2.77 bits per heavy atom. The molecular weight excluding hydrogens is 348 g/mol. The van der Waals surface area contributed by atoms with E-state index in [2.05, 4.69) is 30.9 Å². The summed E-state index contributed by atoms with van der Waals surface area (Å²) in [6.07, 6.45) is 4.03. The molecule has 2 aromatic heterocycles. The van der Waals surface area contributed by atoms with E-state index in [4.69, 9.17) is 0 Å². The zero-order chi connectivity index (χ0) is 18.9. The van der Waals surface area contributed by atoms with E-state index in [0.29, 0.717) is 13.0 Å². The van der Waals surface area contributed by atoms with Gasteiger partial charge in [0.2, 0.25) is 5.91 Å². The molecule has 1 atom stereocenters. The first-order valence-corrected chi connectivity index (χ1v) is 9.85. The summed E-state index contributed by atoms with van der Waals surface area (Å²) in [4.78, 5) is 32.1. The number of hydrogen-bond acceptors (Lipinski definition) is 5. The molecule has 0 aliphatic carbocycles. The van der Waals surface area contributed by atoms with Gasteiger partial charge >= 0.3 is 0 Å². The molecule has 0 aromatic carbocycles. The molecule has 0 N–H and O–H groups in total. The molecule has 0 spiro atoms. The lowest BCUT2D eigenvalue weighted by atomic mass is 9.92. The Bertz CT molecular complexity index is 850. The fraction of sp³-hybridized carbons (Fsp3) is 0.579. The Morgan fingerprint density at radius 2 is 2.12 bits per heavy atom. The minimum atomic E-state index is -0.120. The lowest BCUT2D eigenvalue weighted by Gasteiger charge is -2.25. The van der Waals surface area contributed by atoms with Gasteiger partial charge in [0.1, 0.15) is 0 Å². The van der Waals surface area contributed by atoms with Crippen LogP contribution >= 0.6 is 11.3 Å². The largest absolute Gasteiger partial charge is 0.338 e. The maximum Gasteiger partial charge on any atom is 0.266 e. The molecule has 0 bridgehead atoms. The molecule has 0 radical (unpaired) electrons. The van der Waals surface area contributed by atoms with Gasteiger partial charge in [-0.3, -0.25) is 9.59 Å². The first-order chi connectivity index (χ1) is 12.2. The zero-order valence-corrected chi connectivity index (χ0v) is 16.7. The van der Waals surface area contributed by atoms with Crippen molar-refractivity contribution in [3.8, 4) is 0 Å². The van der Waals surface area contributed by atoms with Gasteiger partial charge in [0.15, 0.2) is 0 Å². The summed E-state index contributed by atoms with van der Waals surface area (Å²) in [5.74, 6) is 0.108. The van der Waals surface area contributed by atoms with Crippen molar-refractivity contribution >= 4 is 17.2 Å². The normalized spacial score (nSPS) is 17.7. The summed E-state index contributed by atoms with van der Waals surface area (Å²) in [5, 5.41) is 5.52. The van der Waals surface area contributed by atoms with Gasteiger partial charge in [-0.2, -0.15) is 5.10 Å². The average Bonchev–Trinajstić information content (AvgIpc) is 3.17. The summed E-state index contributed by atoms with van der Waals surface area (Å²) in [6, 6.07) is 3.40. The van der Waals surface area contributed by atoms with E-state index in [9.17, 15) is 9.59 Å². The van der Waals surface area contributed by atoms with Crippen LogP contribution in [-0.4, -0.2) is 38.2 Å². The number of amides is 1. The van der Waals surface area contributed by atoms with E-state index in [-0.39, 0.29) is 22.9 Å². The van der Waals surface area contributed by atoms with E-state index >= 15 is 0 Å². The van der Waals surface area contributed by atoms with E-state index in [1.165, 1.54) is 4.68 Å². The molecular formula is C19H26N4O2S.